The maximum Gasteiger partial charge on any atom is 0.229 e. The van der Waals surface area contributed by atoms with Crippen LogP contribution in [0.15, 0.2) is 54.7 Å². The molecule has 0 saturated heterocycles. The van der Waals surface area contributed by atoms with Gasteiger partial charge in [-0.3, -0.25) is 0 Å². The lowest BCUT2D eigenvalue weighted by molar-refractivity contribution is 0.617. The summed E-state index contributed by atoms with van der Waals surface area (Å²) in [4.78, 5) is 11.1. The Hall–Kier alpha value is -2.66. The Morgan fingerprint density at radius 3 is 2.73 bits per heavy atom. The fourth-order valence-corrected chi connectivity index (χ4v) is 3.54. The second-order valence-corrected chi connectivity index (χ2v) is 6.72. The van der Waals surface area contributed by atoms with Crippen molar-refractivity contribution in [1.82, 2.24) is 9.97 Å². The van der Waals surface area contributed by atoms with Crippen molar-refractivity contribution in [3.05, 3.63) is 76.7 Å². The van der Waals surface area contributed by atoms with Crippen LogP contribution in [-0.2, 0) is 6.42 Å². The van der Waals surface area contributed by atoms with Crippen molar-refractivity contribution in [2.75, 3.05) is 16.8 Å². The summed E-state index contributed by atoms with van der Waals surface area (Å²) < 4.78 is 13.1. The third-order valence-corrected chi connectivity index (χ3v) is 4.96. The van der Waals surface area contributed by atoms with Crippen molar-refractivity contribution in [3.63, 3.8) is 0 Å². The maximum absolute atomic E-state index is 13.1. The Morgan fingerprint density at radius 1 is 1.15 bits per heavy atom. The highest BCUT2D eigenvalue weighted by molar-refractivity contribution is 6.32. The van der Waals surface area contributed by atoms with Gasteiger partial charge in [0.25, 0.3) is 0 Å². The number of nitrogens with zero attached hydrogens (tertiary/aromatic N) is 3. The first-order chi connectivity index (χ1) is 12.6. The number of nitrogens with one attached hydrogen (secondary N) is 1. The molecule has 4 rings (SSSR count). The lowest BCUT2D eigenvalue weighted by Crippen LogP contribution is -2.34. The van der Waals surface area contributed by atoms with E-state index in [0.717, 1.165) is 18.7 Å². The van der Waals surface area contributed by atoms with Gasteiger partial charge in [-0.05, 0) is 48.7 Å². The highest BCUT2D eigenvalue weighted by Gasteiger charge is 2.26. The van der Waals surface area contributed by atoms with Crippen LogP contribution in [0.2, 0.25) is 5.02 Å². The van der Waals surface area contributed by atoms with Crippen LogP contribution in [0.1, 0.15) is 24.1 Å². The average molecular weight is 369 g/mol. The quantitative estimate of drug-likeness (QED) is 0.695. The first kappa shape index (κ1) is 16.8. The number of benzene rings is 2. The van der Waals surface area contributed by atoms with Crippen LogP contribution in [0.5, 0.6) is 0 Å². The third kappa shape index (κ3) is 3.22. The Kier molecular flexibility index (Phi) is 4.47. The summed E-state index contributed by atoms with van der Waals surface area (Å²) >= 11 is 6.40. The van der Waals surface area contributed by atoms with Crippen molar-refractivity contribution in [2.24, 2.45) is 0 Å². The average Bonchev–Trinajstić information content (AvgIpc) is 2.66. The third-order valence-electron chi connectivity index (χ3n) is 4.69. The Balaban J connectivity index is 1.63. The Bertz CT molecular complexity index is 929. The molecule has 1 aromatic heterocycles. The van der Waals surface area contributed by atoms with Crippen LogP contribution >= 0.6 is 11.6 Å². The molecule has 0 fully saturated rings. The lowest BCUT2D eigenvalue weighted by Gasteiger charge is -2.36. The van der Waals surface area contributed by atoms with E-state index in [1.807, 2.05) is 0 Å². The molecule has 2 aromatic carbocycles. The van der Waals surface area contributed by atoms with E-state index in [0.29, 0.717) is 16.8 Å². The molecule has 0 bridgehead atoms. The van der Waals surface area contributed by atoms with Gasteiger partial charge < -0.3 is 10.2 Å². The van der Waals surface area contributed by atoms with Crippen LogP contribution in [0.25, 0.3) is 0 Å². The summed E-state index contributed by atoms with van der Waals surface area (Å²) in [6.07, 6.45) is 2.55. The normalized spacial score (nSPS) is 16.3. The molecular formula is C20H18ClFN4. The minimum Gasteiger partial charge on any atom is -0.348 e. The van der Waals surface area contributed by atoms with Gasteiger partial charge in [-0.25, -0.2) is 9.37 Å². The van der Waals surface area contributed by atoms with Crippen LogP contribution in [0, 0.1) is 5.82 Å². The van der Waals surface area contributed by atoms with E-state index in [1.54, 1.807) is 18.3 Å². The summed E-state index contributed by atoms with van der Waals surface area (Å²) in [5.41, 5.74) is 3.38. The zero-order valence-electron chi connectivity index (χ0n) is 14.3. The van der Waals surface area contributed by atoms with Crippen LogP contribution in [0.3, 0.4) is 0 Å². The lowest BCUT2D eigenvalue weighted by atomic mass is 9.94. The topological polar surface area (TPSA) is 41.1 Å². The summed E-state index contributed by atoms with van der Waals surface area (Å²) in [7, 11) is 0. The number of aromatic nitrogens is 2. The Labute approximate surface area is 156 Å². The molecule has 1 atom stereocenters. The standard InChI is InChI=1S/C20H18ClFN4/c1-13-17-5-3-2-4-14(17)10-11-26(13)19-18(21)12-23-20(25-19)24-16-8-6-15(22)7-9-16/h2-9,12-13H,10-11H2,1H3,(H,23,24,25). The van der Waals surface area contributed by atoms with Crippen LogP contribution in [-0.4, -0.2) is 16.5 Å². The van der Waals surface area contributed by atoms with E-state index in [9.17, 15) is 4.39 Å². The van der Waals surface area contributed by atoms with Crippen molar-refractivity contribution in [3.8, 4) is 0 Å². The highest BCUT2D eigenvalue weighted by atomic mass is 35.5. The summed E-state index contributed by atoms with van der Waals surface area (Å²) in [6.45, 7) is 2.99. The fourth-order valence-electron chi connectivity index (χ4n) is 3.34. The van der Waals surface area contributed by atoms with E-state index in [1.165, 1.54) is 23.3 Å². The predicted molar refractivity (Wildman–Crippen MR) is 103 cm³/mol. The number of hydrogen-bond donors (Lipinski definition) is 1. The van der Waals surface area contributed by atoms with Crippen molar-refractivity contribution in [1.29, 1.82) is 0 Å². The smallest absolute Gasteiger partial charge is 0.229 e. The predicted octanol–water partition coefficient (Wildman–Crippen LogP) is 5.14. The molecule has 132 valence electrons. The molecule has 1 N–H and O–H groups in total. The Morgan fingerprint density at radius 2 is 1.92 bits per heavy atom. The molecular weight excluding hydrogens is 351 g/mol. The van der Waals surface area contributed by atoms with Crippen LogP contribution < -0.4 is 10.2 Å². The second kappa shape index (κ2) is 6.92. The molecule has 0 aliphatic carbocycles. The van der Waals surface area contributed by atoms with E-state index in [2.05, 4.69) is 51.4 Å². The van der Waals surface area contributed by atoms with Gasteiger partial charge in [0.05, 0.1) is 12.2 Å². The van der Waals surface area contributed by atoms with Gasteiger partial charge in [-0.2, -0.15) is 4.98 Å². The number of rotatable bonds is 3. The highest BCUT2D eigenvalue weighted by Crippen LogP contribution is 2.36. The SMILES string of the molecule is CC1c2ccccc2CCN1c1nc(Nc2ccc(F)cc2)ncc1Cl. The molecule has 0 saturated carbocycles. The van der Waals surface area contributed by atoms with Crippen molar-refractivity contribution in [2.45, 2.75) is 19.4 Å². The molecule has 0 spiro atoms. The van der Waals surface area contributed by atoms with Gasteiger partial charge in [-0.15, -0.1) is 0 Å². The minimum absolute atomic E-state index is 0.172. The van der Waals surface area contributed by atoms with E-state index in [4.69, 9.17) is 11.6 Å². The first-order valence-electron chi connectivity index (χ1n) is 8.51. The van der Waals surface area contributed by atoms with Gasteiger partial charge >= 0.3 is 0 Å². The zero-order valence-corrected chi connectivity index (χ0v) is 15.0. The maximum atomic E-state index is 13.1. The van der Waals surface area contributed by atoms with E-state index < -0.39 is 0 Å². The number of halogens is 2. The molecule has 1 aliphatic heterocycles. The second-order valence-electron chi connectivity index (χ2n) is 6.32. The van der Waals surface area contributed by atoms with Gasteiger partial charge in [0.1, 0.15) is 10.8 Å². The molecule has 1 aliphatic rings. The van der Waals surface area contributed by atoms with Gasteiger partial charge in [0.2, 0.25) is 5.95 Å². The molecule has 3 aromatic rings. The summed E-state index contributed by atoms with van der Waals surface area (Å²) in [5, 5.41) is 3.61. The van der Waals surface area contributed by atoms with Crippen molar-refractivity contribution < 1.29 is 4.39 Å². The van der Waals surface area contributed by atoms with E-state index in [-0.39, 0.29) is 11.9 Å². The van der Waals surface area contributed by atoms with Gasteiger partial charge in [-0.1, -0.05) is 35.9 Å². The zero-order chi connectivity index (χ0) is 18.1. The molecule has 1 unspecified atom stereocenters. The molecule has 0 amide bonds. The number of hydrogen-bond acceptors (Lipinski definition) is 4. The minimum atomic E-state index is -0.283. The number of anilines is 3. The molecule has 6 heteroatoms. The summed E-state index contributed by atoms with van der Waals surface area (Å²) in [5.74, 6) is 0.851. The first-order valence-corrected chi connectivity index (χ1v) is 8.89. The molecule has 4 nitrogen and oxygen atoms in total. The van der Waals surface area contributed by atoms with Gasteiger partial charge in [0, 0.05) is 12.2 Å². The van der Waals surface area contributed by atoms with E-state index >= 15 is 0 Å². The molecule has 0 radical (unpaired) electrons. The van der Waals surface area contributed by atoms with Crippen molar-refractivity contribution >= 4 is 29.1 Å². The largest absolute Gasteiger partial charge is 0.348 e. The number of fused-ring (bicyclic) bond motifs is 1. The van der Waals surface area contributed by atoms with Gasteiger partial charge in [0.15, 0.2) is 5.82 Å². The molecule has 26 heavy (non-hydrogen) atoms. The molecule has 2 heterocycles. The fraction of sp³-hybridized carbons (Fsp3) is 0.200. The van der Waals surface area contributed by atoms with Crippen LogP contribution in [0.4, 0.5) is 21.8 Å². The monoisotopic (exact) mass is 368 g/mol. The summed E-state index contributed by atoms with van der Waals surface area (Å²) in [6, 6.07) is 14.7.